The lowest BCUT2D eigenvalue weighted by Crippen LogP contribution is -1.92. The Labute approximate surface area is 117 Å². The molecular formula is C18H14O2. The van der Waals surface area contributed by atoms with Crippen molar-refractivity contribution < 1.29 is 9.47 Å². The Hall–Kier alpha value is -2.48. The van der Waals surface area contributed by atoms with Crippen molar-refractivity contribution in [2.45, 2.75) is 6.92 Å². The second-order valence-corrected chi connectivity index (χ2v) is 5.05. The van der Waals surface area contributed by atoms with E-state index >= 15 is 0 Å². The first-order valence-electron chi connectivity index (χ1n) is 6.71. The summed E-state index contributed by atoms with van der Waals surface area (Å²) in [5.41, 5.74) is 3.76. The maximum atomic E-state index is 5.52. The molecule has 3 aromatic carbocycles. The molecule has 0 radical (unpaired) electrons. The van der Waals surface area contributed by atoms with Gasteiger partial charge >= 0.3 is 0 Å². The summed E-state index contributed by atoms with van der Waals surface area (Å²) in [4.78, 5) is 0. The van der Waals surface area contributed by atoms with Gasteiger partial charge in [-0.15, -0.1) is 0 Å². The molecule has 1 aliphatic heterocycles. The second kappa shape index (κ2) is 4.27. The molecule has 4 rings (SSSR count). The fourth-order valence-corrected chi connectivity index (χ4v) is 2.81. The monoisotopic (exact) mass is 262 g/mol. The summed E-state index contributed by atoms with van der Waals surface area (Å²) in [5.74, 6) is 1.67. The molecule has 98 valence electrons. The van der Waals surface area contributed by atoms with E-state index in [1.165, 1.54) is 27.5 Å². The molecule has 0 saturated carbocycles. The van der Waals surface area contributed by atoms with Crippen LogP contribution >= 0.6 is 0 Å². The summed E-state index contributed by atoms with van der Waals surface area (Å²) in [7, 11) is 0. The summed E-state index contributed by atoms with van der Waals surface area (Å²) in [6, 6.07) is 18.9. The highest BCUT2D eigenvalue weighted by molar-refractivity contribution is 6.00. The Bertz CT molecular complexity index is 791. The number of aryl methyl sites for hydroxylation is 1. The SMILES string of the molecule is Cc1ccc2cc3c(cc2c1-c1ccccc1)OCO3. The molecule has 0 fully saturated rings. The highest BCUT2D eigenvalue weighted by Gasteiger charge is 2.16. The maximum Gasteiger partial charge on any atom is 0.231 e. The lowest BCUT2D eigenvalue weighted by Gasteiger charge is -2.11. The molecule has 0 bridgehead atoms. The molecule has 0 spiro atoms. The number of benzene rings is 3. The van der Waals surface area contributed by atoms with Crippen molar-refractivity contribution in [1.82, 2.24) is 0 Å². The van der Waals surface area contributed by atoms with Gasteiger partial charge in [0, 0.05) is 0 Å². The average molecular weight is 262 g/mol. The molecule has 0 amide bonds. The molecule has 3 aromatic rings. The minimum absolute atomic E-state index is 0.311. The Balaban J connectivity index is 2.06. The van der Waals surface area contributed by atoms with E-state index in [1.807, 2.05) is 6.07 Å². The van der Waals surface area contributed by atoms with Crippen LogP contribution in [0.4, 0.5) is 0 Å². The van der Waals surface area contributed by atoms with Gasteiger partial charge in [0.05, 0.1) is 0 Å². The molecule has 0 unspecified atom stereocenters. The van der Waals surface area contributed by atoms with Crippen molar-refractivity contribution in [3.63, 3.8) is 0 Å². The highest BCUT2D eigenvalue weighted by Crippen LogP contribution is 2.40. The molecule has 2 nitrogen and oxygen atoms in total. The van der Waals surface area contributed by atoms with Crippen LogP contribution in [0.25, 0.3) is 21.9 Å². The first-order valence-corrected chi connectivity index (χ1v) is 6.71. The topological polar surface area (TPSA) is 18.5 Å². The van der Waals surface area contributed by atoms with Gasteiger partial charge in [0.2, 0.25) is 6.79 Å². The molecule has 2 heteroatoms. The lowest BCUT2D eigenvalue weighted by molar-refractivity contribution is 0.174. The summed E-state index contributed by atoms with van der Waals surface area (Å²) < 4.78 is 11.0. The average Bonchev–Trinajstić information content (AvgIpc) is 2.93. The molecular weight excluding hydrogens is 248 g/mol. The van der Waals surface area contributed by atoms with Crippen LogP contribution in [0.3, 0.4) is 0 Å². The number of ether oxygens (including phenoxy) is 2. The molecule has 0 saturated heterocycles. The van der Waals surface area contributed by atoms with E-state index in [0.29, 0.717) is 6.79 Å². The van der Waals surface area contributed by atoms with Crippen molar-refractivity contribution in [3.05, 3.63) is 60.2 Å². The van der Waals surface area contributed by atoms with Gasteiger partial charge in [0.15, 0.2) is 11.5 Å². The maximum absolute atomic E-state index is 5.52. The van der Waals surface area contributed by atoms with E-state index in [1.54, 1.807) is 0 Å². The van der Waals surface area contributed by atoms with Crippen LogP contribution in [-0.2, 0) is 0 Å². The van der Waals surface area contributed by atoms with Crippen molar-refractivity contribution >= 4 is 10.8 Å². The zero-order chi connectivity index (χ0) is 13.5. The van der Waals surface area contributed by atoms with E-state index in [4.69, 9.17) is 9.47 Å². The van der Waals surface area contributed by atoms with Crippen LogP contribution in [0, 0.1) is 6.92 Å². The summed E-state index contributed by atoms with van der Waals surface area (Å²) >= 11 is 0. The zero-order valence-electron chi connectivity index (χ0n) is 11.2. The zero-order valence-corrected chi connectivity index (χ0v) is 11.2. The van der Waals surface area contributed by atoms with Gasteiger partial charge in [0.1, 0.15) is 0 Å². The second-order valence-electron chi connectivity index (χ2n) is 5.05. The number of hydrogen-bond acceptors (Lipinski definition) is 2. The Morgan fingerprint density at radius 3 is 2.40 bits per heavy atom. The van der Waals surface area contributed by atoms with E-state index in [9.17, 15) is 0 Å². The molecule has 0 atom stereocenters. The van der Waals surface area contributed by atoms with E-state index in [2.05, 4.69) is 55.5 Å². The van der Waals surface area contributed by atoms with Crippen molar-refractivity contribution in [3.8, 4) is 22.6 Å². The number of fused-ring (bicyclic) bond motifs is 2. The Kier molecular flexibility index (Phi) is 2.43. The van der Waals surface area contributed by atoms with E-state index in [0.717, 1.165) is 11.5 Å². The standard InChI is InChI=1S/C18H14O2/c1-12-7-8-14-9-16-17(20-11-19-16)10-15(14)18(12)13-5-3-2-4-6-13/h2-10H,11H2,1H3. The molecule has 1 heterocycles. The van der Waals surface area contributed by atoms with Crippen molar-refractivity contribution in [1.29, 1.82) is 0 Å². The third kappa shape index (κ3) is 1.65. The smallest absolute Gasteiger partial charge is 0.231 e. The third-order valence-corrected chi connectivity index (χ3v) is 3.78. The first kappa shape index (κ1) is 11.4. The largest absolute Gasteiger partial charge is 0.454 e. The van der Waals surface area contributed by atoms with Gasteiger partial charge in [0.25, 0.3) is 0 Å². The molecule has 0 aliphatic carbocycles. The predicted molar refractivity (Wildman–Crippen MR) is 80.2 cm³/mol. The highest BCUT2D eigenvalue weighted by atomic mass is 16.7. The van der Waals surface area contributed by atoms with Crippen LogP contribution < -0.4 is 9.47 Å². The quantitative estimate of drug-likeness (QED) is 0.640. The minimum atomic E-state index is 0.311. The third-order valence-electron chi connectivity index (χ3n) is 3.78. The number of rotatable bonds is 1. The molecule has 0 N–H and O–H groups in total. The van der Waals surface area contributed by atoms with Crippen molar-refractivity contribution in [2.75, 3.05) is 6.79 Å². The Morgan fingerprint density at radius 1 is 0.850 bits per heavy atom. The van der Waals surface area contributed by atoms with Gasteiger partial charge < -0.3 is 9.47 Å². The fraction of sp³-hybridized carbons (Fsp3) is 0.111. The van der Waals surface area contributed by atoms with E-state index < -0.39 is 0 Å². The van der Waals surface area contributed by atoms with Gasteiger partial charge in [-0.2, -0.15) is 0 Å². The van der Waals surface area contributed by atoms with Crippen molar-refractivity contribution in [2.24, 2.45) is 0 Å². The predicted octanol–water partition coefficient (Wildman–Crippen LogP) is 4.54. The van der Waals surface area contributed by atoms with E-state index in [-0.39, 0.29) is 0 Å². The van der Waals surface area contributed by atoms with Crippen LogP contribution in [0.1, 0.15) is 5.56 Å². The van der Waals surface area contributed by atoms with Gasteiger partial charge in [-0.1, -0.05) is 42.5 Å². The van der Waals surface area contributed by atoms with Crippen LogP contribution in [-0.4, -0.2) is 6.79 Å². The van der Waals surface area contributed by atoms with Gasteiger partial charge in [-0.25, -0.2) is 0 Å². The van der Waals surface area contributed by atoms with Crippen LogP contribution in [0.5, 0.6) is 11.5 Å². The first-order chi connectivity index (χ1) is 9.83. The normalized spacial score (nSPS) is 12.8. The molecule has 0 aromatic heterocycles. The van der Waals surface area contributed by atoms with Gasteiger partial charge in [-0.3, -0.25) is 0 Å². The van der Waals surface area contributed by atoms with Crippen LogP contribution in [0.15, 0.2) is 54.6 Å². The fourth-order valence-electron chi connectivity index (χ4n) is 2.81. The molecule has 1 aliphatic rings. The summed E-state index contributed by atoms with van der Waals surface area (Å²) in [6.45, 7) is 2.46. The van der Waals surface area contributed by atoms with Crippen LogP contribution in [0.2, 0.25) is 0 Å². The lowest BCUT2D eigenvalue weighted by atomic mass is 9.94. The Morgan fingerprint density at radius 2 is 1.60 bits per heavy atom. The summed E-state index contributed by atoms with van der Waals surface area (Å²) in [6.07, 6.45) is 0. The summed E-state index contributed by atoms with van der Waals surface area (Å²) in [5, 5.41) is 2.39. The number of hydrogen-bond donors (Lipinski definition) is 0. The minimum Gasteiger partial charge on any atom is -0.454 e. The van der Waals surface area contributed by atoms with Gasteiger partial charge in [-0.05, 0) is 46.5 Å². The molecule has 20 heavy (non-hydrogen) atoms.